The van der Waals surface area contributed by atoms with Gasteiger partial charge in [-0.2, -0.15) is 0 Å². The quantitative estimate of drug-likeness (QED) is 0.158. The Labute approximate surface area is 292 Å². The van der Waals surface area contributed by atoms with E-state index in [4.69, 9.17) is 27.9 Å². The van der Waals surface area contributed by atoms with Crippen LogP contribution in [0.25, 0.3) is 0 Å². The van der Waals surface area contributed by atoms with E-state index in [1.165, 1.54) is 30.2 Å². The van der Waals surface area contributed by atoms with Gasteiger partial charge < -0.3 is 15.0 Å². The van der Waals surface area contributed by atoms with E-state index in [-0.39, 0.29) is 46.3 Å². The molecule has 252 valence electrons. The highest BCUT2D eigenvalue weighted by molar-refractivity contribution is 7.92. The maximum atomic E-state index is 14.7. The zero-order chi connectivity index (χ0) is 34.1. The van der Waals surface area contributed by atoms with Crippen LogP contribution < -0.4 is 14.4 Å². The van der Waals surface area contributed by atoms with Crippen molar-refractivity contribution in [2.75, 3.05) is 18.0 Å². The number of hydrogen-bond donors (Lipinski definition) is 1. The van der Waals surface area contributed by atoms with E-state index < -0.39 is 28.5 Å². The lowest BCUT2D eigenvalue weighted by atomic mass is 9.94. The summed E-state index contributed by atoms with van der Waals surface area (Å²) in [6, 6.07) is 28.0. The average Bonchev–Trinajstić information content (AvgIpc) is 3.09. The third-order valence-electron chi connectivity index (χ3n) is 8.48. The summed E-state index contributed by atoms with van der Waals surface area (Å²) in [5.41, 5.74) is 1.64. The Morgan fingerprint density at radius 1 is 0.833 bits per heavy atom. The number of methoxy groups -OCH3 is 1. The Kier molecular flexibility index (Phi) is 12.0. The van der Waals surface area contributed by atoms with Crippen molar-refractivity contribution in [2.45, 2.75) is 62.0 Å². The van der Waals surface area contributed by atoms with Gasteiger partial charge in [0.05, 0.1) is 17.7 Å². The molecule has 2 amide bonds. The molecule has 0 aliphatic heterocycles. The van der Waals surface area contributed by atoms with Crippen molar-refractivity contribution in [1.82, 2.24) is 10.2 Å². The summed E-state index contributed by atoms with van der Waals surface area (Å²) in [7, 11) is -2.90. The number of halogens is 2. The van der Waals surface area contributed by atoms with Gasteiger partial charge in [-0.3, -0.25) is 13.9 Å². The lowest BCUT2D eigenvalue weighted by Crippen LogP contribution is -2.55. The van der Waals surface area contributed by atoms with Gasteiger partial charge in [-0.1, -0.05) is 103 Å². The fraction of sp³-hybridized carbons (Fsp3) is 0.297. The normalized spacial score (nSPS) is 14.1. The number of hydrogen-bond acceptors (Lipinski definition) is 5. The van der Waals surface area contributed by atoms with E-state index in [0.717, 1.165) is 42.0 Å². The van der Waals surface area contributed by atoms with Gasteiger partial charge in [-0.15, -0.1) is 0 Å². The number of sulfonamides is 1. The molecule has 1 atom stereocenters. The SMILES string of the molecule is COc1ccc(Cl)cc1N(CC(=O)N(Cc1cccc(Cl)c1)[C@H](Cc1ccccc1)C(=O)NC1CCCCC1)S(=O)(=O)c1ccccc1. The molecular formula is C37H39Cl2N3O5S. The van der Waals surface area contributed by atoms with E-state index in [1.54, 1.807) is 48.5 Å². The van der Waals surface area contributed by atoms with Crippen LogP contribution in [0.4, 0.5) is 5.69 Å². The molecule has 4 aromatic rings. The predicted octanol–water partition coefficient (Wildman–Crippen LogP) is 7.29. The van der Waals surface area contributed by atoms with Crippen molar-refractivity contribution in [2.24, 2.45) is 0 Å². The molecule has 0 aromatic heterocycles. The first kappa shape index (κ1) is 35.3. The van der Waals surface area contributed by atoms with Crippen LogP contribution >= 0.6 is 23.2 Å². The zero-order valence-corrected chi connectivity index (χ0v) is 29.1. The largest absolute Gasteiger partial charge is 0.495 e. The van der Waals surface area contributed by atoms with Crippen LogP contribution in [0.15, 0.2) is 108 Å². The fourth-order valence-corrected chi connectivity index (χ4v) is 7.84. The lowest BCUT2D eigenvalue weighted by Gasteiger charge is -2.35. The van der Waals surface area contributed by atoms with E-state index in [2.05, 4.69) is 5.32 Å². The molecule has 5 rings (SSSR count). The Hall–Kier alpha value is -4.05. The van der Waals surface area contributed by atoms with Crippen LogP contribution in [0, 0.1) is 0 Å². The van der Waals surface area contributed by atoms with Gasteiger partial charge in [0.1, 0.15) is 18.3 Å². The standard InChI is InChI=1S/C37H39Cl2N3O5S/c1-47-35-21-20-30(39)24-33(35)42(48(45,46)32-18-9-4-10-19-32)26-36(43)41(25-28-14-11-15-29(38)22-28)34(23-27-12-5-2-6-13-27)37(44)40-31-16-7-3-8-17-31/h2,4-6,9-15,18-22,24,31,34H,3,7-8,16-17,23,25-26H2,1H3,(H,40,44)/t34-/m1/s1. The second kappa shape index (κ2) is 16.4. The van der Waals surface area contributed by atoms with Gasteiger partial charge in [0, 0.05) is 29.1 Å². The van der Waals surface area contributed by atoms with E-state index in [0.29, 0.717) is 10.6 Å². The Balaban J connectivity index is 1.60. The minimum atomic E-state index is -4.31. The first-order valence-corrected chi connectivity index (χ1v) is 18.1. The molecule has 4 aromatic carbocycles. The van der Waals surface area contributed by atoms with Gasteiger partial charge in [-0.05, 0) is 66.4 Å². The van der Waals surface area contributed by atoms with E-state index in [9.17, 15) is 18.0 Å². The molecule has 0 spiro atoms. The highest BCUT2D eigenvalue weighted by Crippen LogP contribution is 2.35. The third-order valence-corrected chi connectivity index (χ3v) is 10.7. The van der Waals surface area contributed by atoms with Crippen molar-refractivity contribution in [3.8, 4) is 5.75 Å². The molecule has 0 saturated heterocycles. The van der Waals surface area contributed by atoms with Crippen molar-refractivity contribution in [3.05, 3.63) is 124 Å². The van der Waals surface area contributed by atoms with Crippen LogP contribution in [-0.4, -0.2) is 50.9 Å². The second-order valence-corrected chi connectivity index (χ2v) is 14.6. The zero-order valence-electron chi connectivity index (χ0n) is 26.7. The molecule has 1 fully saturated rings. The number of benzene rings is 4. The van der Waals surface area contributed by atoms with Crippen molar-refractivity contribution < 1.29 is 22.7 Å². The maximum Gasteiger partial charge on any atom is 0.264 e. The van der Waals surface area contributed by atoms with Crippen molar-refractivity contribution in [3.63, 3.8) is 0 Å². The van der Waals surface area contributed by atoms with Crippen LogP contribution in [0.3, 0.4) is 0 Å². The summed E-state index contributed by atoms with van der Waals surface area (Å²) in [6.45, 7) is -0.614. The van der Waals surface area contributed by atoms with Gasteiger partial charge in [0.25, 0.3) is 10.0 Å². The number of carbonyl (C=O) groups excluding carboxylic acids is 2. The number of ether oxygens (including phenoxy) is 1. The molecule has 1 aliphatic carbocycles. The summed E-state index contributed by atoms with van der Waals surface area (Å²) in [5, 5.41) is 3.95. The highest BCUT2D eigenvalue weighted by atomic mass is 35.5. The molecule has 1 saturated carbocycles. The Morgan fingerprint density at radius 3 is 2.15 bits per heavy atom. The van der Waals surface area contributed by atoms with Gasteiger partial charge in [0.15, 0.2) is 0 Å². The first-order valence-electron chi connectivity index (χ1n) is 16.0. The van der Waals surface area contributed by atoms with Crippen LogP contribution in [0.5, 0.6) is 5.75 Å². The number of nitrogens with one attached hydrogen (secondary N) is 1. The highest BCUT2D eigenvalue weighted by Gasteiger charge is 2.36. The second-order valence-electron chi connectivity index (χ2n) is 11.8. The third kappa shape index (κ3) is 8.89. The molecule has 0 unspecified atom stereocenters. The summed E-state index contributed by atoms with van der Waals surface area (Å²) in [5.74, 6) is -0.667. The van der Waals surface area contributed by atoms with E-state index >= 15 is 0 Å². The van der Waals surface area contributed by atoms with Crippen LogP contribution in [0.2, 0.25) is 10.0 Å². The smallest absolute Gasteiger partial charge is 0.264 e. The summed E-state index contributed by atoms with van der Waals surface area (Å²) < 4.78 is 35.1. The van der Waals surface area contributed by atoms with Crippen LogP contribution in [-0.2, 0) is 32.6 Å². The molecule has 48 heavy (non-hydrogen) atoms. The monoisotopic (exact) mass is 707 g/mol. The molecule has 0 heterocycles. The number of anilines is 1. The molecule has 11 heteroatoms. The number of amides is 2. The minimum absolute atomic E-state index is 0.00155. The molecule has 0 bridgehead atoms. The maximum absolute atomic E-state index is 14.7. The lowest BCUT2D eigenvalue weighted by molar-refractivity contribution is -0.140. The van der Waals surface area contributed by atoms with Gasteiger partial charge in [0.2, 0.25) is 11.8 Å². The molecule has 1 aliphatic rings. The molecule has 8 nitrogen and oxygen atoms in total. The average molecular weight is 709 g/mol. The fourth-order valence-electron chi connectivity index (χ4n) is 6.02. The predicted molar refractivity (Wildman–Crippen MR) is 190 cm³/mol. The van der Waals surface area contributed by atoms with Gasteiger partial charge in [-0.25, -0.2) is 8.42 Å². The molecular weight excluding hydrogens is 669 g/mol. The topological polar surface area (TPSA) is 96.0 Å². The summed E-state index contributed by atoms with van der Waals surface area (Å²) >= 11 is 12.7. The minimum Gasteiger partial charge on any atom is -0.495 e. The van der Waals surface area contributed by atoms with Gasteiger partial charge >= 0.3 is 0 Å². The molecule has 1 N–H and O–H groups in total. The van der Waals surface area contributed by atoms with Crippen LogP contribution in [0.1, 0.15) is 43.2 Å². The number of rotatable bonds is 13. The number of carbonyl (C=O) groups is 2. The van der Waals surface area contributed by atoms with E-state index in [1.807, 2.05) is 36.4 Å². The van der Waals surface area contributed by atoms with Crippen molar-refractivity contribution in [1.29, 1.82) is 0 Å². The summed E-state index contributed by atoms with van der Waals surface area (Å²) in [6.07, 6.45) is 5.11. The van der Waals surface area contributed by atoms with Crippen molar-refractivity contribution >= 4 is 50.7 Å². The first-order chi connectivity index (χ1) is 23.2. The molecule has 0 radical (unpaired) electrons. The number of nitrogens with zero attached hydrogens (tertiary/aromatic N) is 2. The Bertz CT molecular complexity index is 1800. The Morgan fingerprint density at radius 2 is 1.48 bits per heavy atom. The summed E-state index contributed by atoms with van der Waals surface area (Å²) in [4.78, 5) is 30.4.